The lowest BCUT2D eigenvalue weighted by atomic mass is 10.1. The second-order valence-corrected chi connectivity index (χ2v) is 4.97. The number of rotatable bonds is 3. The monoisotopic (exact) mass is 256 g/mol. The number of hydrogen-bond donors (Lipinski definition) is 2. The predicted octanol–water partition coefficient (Wildman–Crippen LogP) is 2.52. The molecule has 0 amide bonds. The molecule has 4 nitrogen and oxygen atoms in total. The van der Waals surface area contributed by atoms with Gasteiger partial charge in [0.2, 0.25) is 0 Å². The lowest BCUT2D eigenvalue weighted by Crippen LogP contribution is -2.29. The first kappa shape index (κ1) is 12.2. The minimum absolute atomic E-state index is 0.519. The molecule has 2 aromatic rings. The van der Waals surface area contributed by atoms with Crippen molar-refractivity contribution in [3.8, 4) is 11.1 Å². The molecule has 1 aromatic heterocycles. The summed E-state index contributed by atoms with van der Waals surface area (Å²) in [5.41, 5.74) is 2.40. The molecule has 0 unspecified atom stereocenters. The molecule has 1 saturated heterocycles. The normalized spacial score (nSPS) is 16.5. The summed E-state index contributed by atoms with van der Waals surface area (Å²) in [6.07, 6.45) is 4.48. The van der Waals surface area contributed by atoms with Crippen LogP contribution in [0.3, 0.4) is 0 Å². The molecule has 0 radical (unpaired) electrons. The van der Waals surface area contributed by atoms with Crippen molar-refractivity contribution in [1.29, 1.82) is 0 Å². The highest BCUT2D eigenvalue weighted by atomic mass is 15.3. The fraction of sp³-hybridized carbons (Fsp3) is 0.400. The van der Waals surface area contributed by atoms with E-state index in [0.717, 1.165) is 31.7 Å². The van der Waals surface area contributed by atoms with Crippen LogP contribution in [0, 0.1) is 0 Å². The Hall–Kier alpha value is -1.81. The summed E-state index contributed by atoms with van der Waals surface area (Å²) in [5, 5.41) is 11.3. The Balaban J connectivity index is 1.94. The predicted molar refractivity (Wildman–Crippen MR) is 78.4 cm³/mol. The van der Waals surface area contributed by atoms with Crippen molar-refractivity contribution in [1.82, 2.24) is 15.1 Å². The van der Waals surface area contributed by atoms with Gasteiger partial charge in [0, 0.05) is 18.8 Å². The summed E-state index contributed by atoms with van der Waals surface area (Å²) in [5.74, 6) is 0.963. The molecule has 0 atom stereocenters. The first-order valence-electron chi connectivity index (χ1n) is 6.91. The number of hydrogen-bond acceptors (Lipinski definition) is 3. The minimum atomic E-state index is 0.519. The van der Waals surface area contributed by atoms with Crippen LogP contribution >= 0.6 is 0 Å². The lowest BCUT2D eigenvalue weighted by Gasteiger charge is -2.22. The molecule has 1 aromatic carbocycles. The molecule has 2 N–H and O–H groups in total. The van der Waals surface area contributed by atoms with Crippen molar-refractivity contribution < 1.29 is 0 Å². The zero-order chi connectivity index (χ0) is 13.1. The summed E-state index contributed by atoms with van der Waals surface area (Å²) < 4.78 is 2.13. The minimum Gasteiger partial charge on any atom is -0.371 e. The van der Waals surface area contributed by atoms with Gasteiger partial charge in [-0.1, -0.05) is 30.3 Å². The third-order valence-electron chi connectivity index (χ3n) is 3.74. The Morgan fingerprint density at radius 3 is 2.63 bits per heavy atom. The maximum absolute atomic E-state index is 4.71. The highest BCUT2D eigenvalue weighted by Gasteiger charge is 2.18. The highest BCUT2D eigenvalue weighted by molar-refractivity contribution is 5.74. The van der Waals surface area contributed by atoms with Crippen LogP contribution in [0.1, 0.15) is 18.9 Å². The maximum atomic E-state index is 4.71. The average molecular weight is 256 g/mol. The van der Waals surface area contributed by atoms with E-state index in [1.54, 1.807) is 0 Å². The Bertz CT molecular complexity index is 526. The largest absolute Gasteiger partial charge is 0.371 e. The second-order valence-electron chi connectivity index (χ2n) is 4.97. The van der Waals surface area contributed by atoms with Gasteiger partial charge in [0.25, 0.3) is 0 Å². The van der Waals surface area contributed by atoms with Gasteiger partial charge in [-0.05, 0) is 31.5 Å². The number of benzene rings is 1. The van der Waals surface area contributed by atoms with Gasteiger partial charge in [0.1, 0.15) is 0 Å². The summed E-state index contributed by atoms with van der Waals surface area (Å²) in [6.45, 7) is 2.17. The zero-order valence-corrected chi connectivity index (χ0v) is 11.3. The van der Waals surface area contributed by atoms with Gasteiger partial charge >= 0.3 is 0 Å². The SMILES string of the molecule is CNc1nn(C2CCNCC2)cc1-c1ccccc1. The molecule has 100 valence electrons. The van der Waals surface area contributed by atoms with Gasteiger partial charge < -0.3 is 10.6 Å². The first-order valence-corrected chi connectivity index (χ1v) is 6.91. The Kier molecular flexibility index (Phi) is 3.51. The summed E-state index contributed by atoms with van der Waals surface area (Å²) in [4.78, 5) is 0. The van der Waals surface area contributed by atoms with Crippen molar-refractivity contribution >= 4 is 5.82 Å². The van der Waals surface area contributed by atoms with E-state index in [4.69, 9.17) is 5.10 Å². The first-order chi connectivity index (χ1) is 9.38. The van der Waals surface area contributed by atoms with Gasteiger partial charge in [0.05, 0.1) is 6.04 Å². The van der Waals surface area contributed by atoms with Crippen molar-refractivity contribution in [2.45, 2.75) is 18.9 Å². The van der Waals surface area contributed by atoms with E-state index in [-0.39, 0.29) is 0 Å². The molecular weight excluding hydrogens is 236 g/mol. The van der Waals surface area contributed by atoms with Crippen LogP contribution in [0.4, 0.5) is 5.82 Å². The summed E-state index contributed by atoms with van der Waals surface area (Å²) in [6, 6.07) is 11.0. The molecule has 1 aliphatic heterocycles. The molecule has 0 saturated carbocycles. The fourth-order valence-electron chi connectivity index (χ4n) is 2.66. The van der Waals surface area contributed by atoms with E-state index in [2.05, 4.69) is 45.8 Å². The average Bonchev–Trinajstić information content (AvgIpc) is 2.93. The molecular formula is C15H20N4. The molecule has 2 heterocycles. The van der Waals surface area contributed by atoms with Crippen LogP contribution < -0.4 is 10.6 Å². The number of aromatic nitrogens is 2. The van der Waals surface area contributed by atoms with Crippen molar-refractivity contribution in [3.63, 3.8) is 0 Å². The topological polar surface area (TPSA) is 41.9 Å². The van der Waals surface area contributed by atoms with Crippen molar-refractivity contribution in [2.75, 3.05) is 25.5 Å². The number of nitrogens with one attached hydrogen (secondary N) is 2. The van der Waals surface area contributed by atoms with E-state index < -0.39 is 0 Å². The molecule has 0 spiro atoms. The molecule has 4 heteroatoms. The van der Waals surface area contributed by atoms with E-state index in [9.17, 15) is 0 Å². The second kappa shape index (κ2) is 5.45. The molecule has 0 aliphatic carbocycles. The van der Waals surface area contributed by atoms with Crippen LogP contribution in [-0.2, 0) is 0 Å². The molecule has 19 heavy (non-hydrogen) atoms. The Morgan fingerprint density at radius 1 is 1.21 bits per heavy atom. The van der Waals surface area contributed by atoms with E-state index >= 15 is 0 Å². The van der Waals surface area contributed by atoms with Crippen LogP contribution in [0.2, 0.25) is 0 Å². The fourth-order valence-corrected chi connectivity index (χ4v) is 2.66. The van der Waals surface area contributed by atoms with Crippen molar-refractivity contribution in [2.24, 2.45) is 0 Å². The van der Waals surface area contributed by atoms with Gasteiger partial charge in [-0.3, -0.25) is 4.68 Å². The zero-order valence-electron chi connectivity index (χ0n) is 11.3. The van der Waals surface area contributed by atoms with E-state index in [1.807, 2.05) is 13.1 Å². The molecule has 1 aliphatic rings. The van der Waals surface area contributed by atoms with Crippen LogP contribution in [-0.4, -0.2) is 29.9 Å². The highest BCUT2D eigenvalue weighted by Crippen LogP contribution is 2.29. The summed E-state index contributed by atoms with van der Waals surface area (Å²) in [7, 11) is 1.93. The third-order valence-corrected chi connectivity index (χ3v) is 3.74. The molecule has 3 rings (SSSR count). The third kappa shape index (κ3) is 2.49. The van der Waals surface area contributed by atoms with E-state index in [0.29, 0.717) is 6.04 Å². The molecule has 1 fully saturated rings. The maximum Gasteiger partial charge on any atom is 0.155 e. The van der Waals surface area contributed by atoms with Crippen LogP contribution in [0.5, 0.6) is 0 Å². The van der Waals surface area contributed by atoms with Gasteiger partial charge in [-0.25, -0.2) is 0 Å². The van der Waals surface area contributed by atoms with Crippen molar-refractivity contribution in [3.05, 3.63) is 36.5 Å². The number of piperidine rings is 1. The quantitative estimate of drug-likeness (QED) is 0.886. The van der Waals surface area contributed by atoms with E-state index in [1.165, 1.54) is 11.1 Å². The van der Waals surface area contributed by atoms with Gasteiger partial charge in [-0.15, -0.1) is 0 Å². The molecule has 0 bridgehead atoms. The van der Waals surface area contributed by atoms with Crippen LogP contribution in [0.25, 0.3) is 11.1 Å². The number of anilines is 1. The van der Waals surface area contributed by atoms with Crippen LogP contribution in [0.15, 0.2) is 36.5 Å². The standard InChI is InChI=1S/C15H20N4/c1-16-15-14(12-5-3-2-4-6-12)11-19(18-15)13-7-9-17-10-8-13/h2-6,11,13,17H,7-10H2,1H3,(H,16,18). The van der Waals surface area contributed by atoms with Gasteiger partial charge in [0.15, 0.2) is 5.82 Å². The Labute approximate surface area is 113 Å². The van der Waals surface area contributed by atoms with Gasteiger partial charge in [-0.2, -0.15) is 5.10 Å². The lowest BCUT2D eigenvalue weighted by molar-refractivity contribution is 0.344. The number of nitrogens with zero attached hydrogens (tertiary/aromatic N) is 2. The smallest absolute Gasteiger partial charge is 0.155 e. The Morgan fingerprint density at radius 2 is 1.95 bits per heavy atom. The summed E-state index contributed by atoms with van der Waals surface area (Å²) >= 11 is 0.